The minimum Gasteiger partial charge on any atom is -0.550 e. The summed E-state index contributed by atoms with van der Waals surface area (Å²) >= 11 is 0. The summed E-state index contributed by atoms with van der Waals surface area (Å²) < 4.78 is 4.00. The van der Waals surface area contributed by atoms with E-state index in [2.05, 4.69) is 4.74 Å². The van der Waals surface area contributed by atoms with Gasteiger partial charge in [-0.1, -0.05) is 6.92 Å². The minimum atomic E-state index is -1.44. The first kappa shape index (κ1) is 10.9. The molecule has 0 heterocycles. The molecule has 42 valence electrons. The van der Waals surface area contributed by atoms with Crippen molar-refractivity contribution >= 4 is 29.2 Å². The zero-order chi connectivity index (χ0) is 5.70. The van der Waals surface area contributed by atoms with Gasteiger partial charge >= 0.3 is 23.1 Å². The van der Waals surface area contributed by atoms with E-state index in [-0.39, 0.29) is 29.7 Å². The van der Waals surface area contributed by atoms with Crippen molar-refractivity contribution in [2.45, 2.75) is 13.3 Å². The number of ether oxygens (including phenoxy) is 1. The van der Waals surface area contributed by atoms with E-state index in [1.165, 1.54) is 0 Å². The van der Waals surface area contributed by atoms with Gasteiger partial charge in [0.2, 0.25) is 0 Å². The van der Waals surface area contributed by atoms with Crippen LogP contribution in [0, 0.1) is 0 Å². The third-order valence-electron chi connectivity index (χ3n) is 0.424. The van der Waals surface area contributed by atoms with Crippen LogP contribution in [0.15, 0.2) is 0 Å². The Morgan fingerprint density at radius 1 is 1.75 bits per heavy atom. The summed E-state index contributed by atoms with van der Waals surface area (Å²) in [6.45, 7) is 2.06. The van der Waals surface area contributed by atoms with E-state index >= 15 is 0 Å². The summed E-state index contributed by atoms with van der Waals surface area (Å²) in [6, 6.07) is 0. The van der Waals surface area contributed by atoms with Crippen LogP contribution in [0.3, 0.4) is 0 Å². The number of rotatable bonds is 2. The summed E-state index contributed by atoms with van der Waals surface area (Å²) in [7, 11) is 0. The van der Waals surface area contributed by atoms with Gasteiger partial charge in [-0.2, -0.15) is 0 Å². The standard InChI is InChI=1S/C4H8O3.Mg/c1-2-3-7-4(5)6;/h2-3H2,1H3,(H,5,6);/q;+2/p-1. The summed E-state index contributed by atoms with van der Waals surface area (Å²) in [6.07, 6.45) is -0.740. The van der Waals surface area contributed by atoms with Gasteiger partial charge in [-0.3, -0.25) is 0 Å². The minimum absolute atomic E-state index is 0. The Morgan fingerprint density at radius 2 is 2.25 bits per heavy atom. The number of hydrogen-bond donors (Lipinski definition) is 0. The Kier molecular flexibility index (Phi) is 9.60. The molecule has 0 atom stereocenters. The fraction of sp³-hybridized carbons (Fsp3) is 0.750. The molecule has 0 amide bonds. The van der Waals surface area contributed by atoms with Gasteiger partial charge in [-0.25, -0.2) is 0 Å². The third kappa shape index (κ3) is 9.40. The maximum absolute atomic E-state index is 9.42. The molecule has 0 spiro atoms. The first-order valence-corrected chi connectivity index (χ1v) is 2.11. The molecule has 0 rings (SSSR count). The van der Waals surface area contributed by atoms with Crippen LogP contribution in [0.2, 0.25) is 0 Å². The largest absolute Gasteiger partial charge is 2.00 e. The molecular weight excluding hydrogens is 120 g/mol. The van der Waals surface area contributed by atoms with E-state index in [4.69, 9.17) is 0 Å². The third-order valence-corrected chi connectivity index (χ3v) is 0.424. The van der Waals surface area contributed by atoms with Gasteiger partial charge in [-0.15, -0.1) is 0 Å². The van der Waals surface area contributed by atoms with Crippen molar-refractivity contribution in [1.82, 2.24) is 0 Å². The second-order valence-corrected chi connectivity index (χ2v) is 1.10. The van der Waals surface area contributed by atoms with E-state index in [9.17, 15) is 9.90 Å². The molecule has 0 radical (unpaired) electrons. The van der Waals surface area contributed by atoms with E-state index < -0.39 is 6.16 Å². The van der Waals surface area contributed by atoms with Gasteiger partial charge in [-0.05, 0) is 6.42 Å². The Balaban J connectivity index is 0. The van der Waals surface area contributed by atoms with Crippen LogP contribution in [0.25, 0.3) is 0 Å². The van der Waals surface area contributed by atoms with Gasteiger partial charge in [0.05, 0.1) is 0 Å². The second kappa shape index (κ2) is 7.04. The molecular formula is C4H7MgO3+. The van der Waals surface area contributed by atoms with E-state index in [1.54, 1.807) is 0 Å². The fourth-order valence-corrected chi connectivity index (χ4v) is 0.185. The average molecular weight is 127 g/mol. The number of carbonyl (C=O) groups is 1. The Hall–Kier alpha value is 0.0362. The molecule has 0 saturated heterocycles. The van der Waals surface area contributed by atoms with Gasteiger partial charge in [0, 0.05) is 6.61 Å². The van der Waals surface area contributed by atoms with Crippen molar-refractivity contribution in [1.29, 1.82) is 0 Å². The quantitative estimate of drug-likeness (QED) is 0.367. The van der Waals surface area contributed by atoms with Crippen LogP contribution in [-0.2, 0) is 4.74 Å². The van der Waals surface area contributed by atoms with Crippen LogP contribution in [0.1, 0.15) is 13.3 Å². The molecule has 0 N–H and O–H groups in total. The molecule has 8 heavy (non-hydrogen) atoms. The summed E-state index contributed by atoms with van der Waals surface area (Å²) in [5.74, 6) is 0. The predicted molar refractivity (Wildman–Crippen MR) is 27.4 cm³/mol. The molecule has 0 fully saturated rings. The molecule has 0 unspecified atom stereocenters. The number of carbonyl (C=O) groups excluding carboxylic acids is 1. The molecule has 0 aromatic heterocycles. The van der Waals surface area contributed by atoms with Crippen LogP contribution in [-0.4, -0.2) is 35.8 Å². The number of carboxylic acid groups (broad SMARTS) is 1. The van der Waals surface area contributed by atoms with Crippen LogP contribution in [0.5, 0.6) is 0 Å². The maximum atomic E-state index is 9.42. The molecule has 3 nitrogen and oxygen atoms in total. The molecule has 0 aliphatic heterocycles. The van der Waals surface area contributed by atoms with E-state index in [0.717, 1.165) is 0 Å². The Morgan fingerprint density at radius 3 is 2.38 bits per heavy atom. The molecule has 0 saturated carbocycles. The van der Waals surface area contributed by atoms with Gasteiger partial charge < -0.3 is 14.6 Å². The molecule has 0 bridgehead atoms. The summed E-state index contributed by atoms with van der Waals surface area (Å²) in [5, 5.41) is 9.42. The summed E-state index contributed by atoms with van der Waals surface area (Å²) in [4.78, 5) is 9.42. The van der Waals surface area contributed by atoms with Crippen LogP contribution < -0.4 is 5.11 Å². The Bertz CT molecular complexity index is 64.3. The van der Waals surface area contributed by atoms with Crippen molar-refractivity contribution in [2.24, 2.45) is 0 Å². The van der Waals surface area contributed by atoms with E-state index in [1.807, 2.05) is 6.92 Å². The smallest absolute Gasteiger partial charge is 0.550 e. The Labute approximate surface area is 64.2 Å². The molecule has 0 aliphatic carbocycles. The van der Waals surface area contributed by atoms with Gasteiger partial charge in [0.25, 0.3) is 6.16 Å². The number of hydrogen-bond acceptors (Lipinski definition) is 3. The second-order valence-electron chi connectivity index (χ2n) is 1.10. The topological polar surface area (TPSA) is 49.4 Å². The van der Waals surface area contributed by atoms with Crippen LogP contribution in [0.4, 0.5) is 4.79 Å². The molecule has 0 aromatic carbocycles. The normalized spacial score (nSPS) is 7.12. The van der Waals surface area contributed by atoms with Crippen molar-refractivity contribution < 1.29 is 14.6 Å². The maximum Gasteiger partial charge on any atom is 2.00 e. The zero-order valence-corrected chi connectivity index (χ0v) is 6.26. The zero-order valence-electron chi connectivity index (χ0n) is 4.85. The monoisotopic (exact) mass is 127 g/mol. The molecule has 4 heteroatoms. The summed E-state index contributed by atoms with van der Waals surface area (Å²) in [5.41, 5.74) is 0. The van der Waals surface area contributed by atoms with Gasteiger partial charge in [0.1, 0.15) is 0 Å². The van der Waals surface area contributed by atoms with Crippen molar-refractivity contribution in [3.05, 3.63) is 0 Å². The van der Waals surface area contributed by atoms with E-state index in [0.29, 0.717) is 6.42 Å². The first-order chi connectivity index (χ1) is 3.27. The van der Waals surface area contributed by atoms with Gasteiger partial charge in [0.15, 0.2) is 0 Å². The van der Waals surface area contributed by atoms with Crippen molar-refractivity contribution in [2.75, 3.05) is 6.61 Å². The first-order valence-electron chi connectivity index (χ1n) is 2.11. The molecule has 0 aliphatic rings. The van der Waals surface area contributed by atoms with Crippen LogP contribution >= 0.6 is 0 Å². The SMILES string of the molecule is CCCOC(=O)[O-].[Mg+2]. The fourth-order valence-electron chi connectivity index (χ4n) is 0.185. The van der Waals surface area contributed by atoms with Crippen molar-refractivity contribution in [3.8, 4) is 0 Å². The van der Waals surface area contributed by atoms with Crippen molar-refractivity contribution in [3.63, 3.8) is 0 Å². The predicted octanol–water partition coefficient (Wildman–Crippen LogP) is -0.625. The average Bonchev–Trinajstić information content (AvgIpc) is 1.61. The molecule has 0 aromatic rings.